The van der Waals surface area contributed by atoms with Gasteiger partial charge in [-0.2, -0.15) is 5.10 Å². The maximum absolute atomic E-state index is 12.0. The Labute approximate surface area is 128 Å². The van der Waals surface area contributed by atoms with Crippen molar-refractivity contribution in [3.8, 4) is 11.4 Å². The van der Waals surface area contributed by atoms with Gasteiger partial charge in [-0.15, -0.1) is 0 Å². The summed E-state index contributed by atoms with van der Waals surface area (Å²) < 4.78 is 6.84. The van der Waals surface area contributed by atoms with Crippen molar-refractivity contribution in [1.29, 1.82) is 0 Å². The zero-order valence-corrected chi connectivity index (χ0v) is 12.0. The quantitative estimate of drug-likeness (QED) is 0.802. The Bertz CT molecular complexity index is 767. The van der Waals surface area contributed by atoms with Crippen LogP contribution in [0.1, 0.15) is 5.56 Å². The maximum atomic E-state index is 12.0. The Kier molecular flexibility index (Phi) is 3.87. The number of nitrogens with zero attached hydrogens (tertiary/aromatic N) is 2. The SMILES string of the molecule is Cc1[c]nn(-c2ccccc2)c1NC(=O)Oc1ccccc1. The molecule has 1 amide bonds. The molecule has 0 spiro atoms. The molecule has 0 aliphatic rings. The van der Waals surface area contributed by atoms with Crippen LogP contribution in [0.15, 0.2) is 60.7 Å². The highest BCUT2D eigenvalue weighted by Crippen LogP contribution is 2.19. The molecule has 0 bridgehead atoms. The minimum atomic E-state index is -0.569. The molecular formula is C17H14N3O2. The molecule has 1 radical (unpaired) electrons. The molecule has 1 heterocycles. The first-order valence-electron chi connectivity index (χ1n) is 6.80. The first-order valence-corrected chi connectivity index (χ1v) is 6.80. The number of carbonyl (C=O) groups excluding carboxylic acids is 1. The summed E-state index contributed by atoms with van der Waals surface area (Å²) in [5.41, 5.74) is 1.57. The molecule has 5 heteroatoms. The van der Waals surface area contributed by atoms with Gasteiger partial charge in [-0.05, 0) is 31.2 Å². The second-order valence-corrected chi connectivity index (χ2v) is 4.66. The second kappa shape index (κ2) is 6.13. The molecule has 5 nitrogen and oxygen atoms in total. The van der Waals surface area contributed by atoms with Gasteiger partial charge in [0.1, 0.15) is 17.8 Å². The fraction of sp³-hybridized carbons (Fsp3) is 0.0588. The van der Waals surface area contributed by atoms with Crippen LogP contribution in [0, 0.1) is 13.1 Å². The lowest BCUT2D eigenvalue weighted by Gasteiger charge is -2.10. The van der Waals surface area contributed by atoms with Gasteiger partial charge in [0.05, 0.1) is 5.69 Å². The Balaban J connectivity index is 1.81. The zero-order valence-electron chi connectivity index (χ0n) is 12.0. The predicted molar refractivity (Wildman–Crippen MR) is 83.2 cm³/mol. The van der Waals surface area contributed by atoms with E-state index in [-0.39, 0.29) is 0 Å². The van der Waals surface area contributed by atoms with Gasteiger partial charge >= 0.3 is 6.09 Å². The summed E-state index contributed by atoms with van der Waals surface area (Å²) in [4.78, 5) is 12.0. The Morgan fingerprint density at radius 1 is 1.09 bits per heavy atom. The van der Waals surface area contributed by atoms with Crippen LogP contribution in [0.3, 0.4) is 0 Å². The largest absolute Gasteiger partial charge is 0.418 e. The third kappa shape index (κ3) is 2.98. The third-order valence-electron chi connectivity index (χ3n) is 3.06. The van der Waals surface area contributed by atoms with E-state index in [1.54, 1.807) is 28.9 Å². The molecule has 0 saturated carbocycles. The van der Waals surface area contributed by atoms with Crippen LogP contribution in [-0.4, -0.2) is 15.9 Å². The molecule has 3 aromatic rings. The zero-order chi connectivity index (χ0) is 15.4. The van der Waals surface area contributed by atoms with E-state index in [1.807, 2.05) is 43.3 Å². The van der Waals surface area contributed by atoms with Gasteiger partial charge < -0.3 is 4.74 Å². The highest BCUT2D eigenvalue weighted by Gasteiger charge is 2.14. The van der Waals surface area contributed by atoms with Gasteiger partial charge in [-0.25, -0.2) is 9.48 Å². The molecule has 0 fully saturated rings. The van der Waals surface area contributed by atoms with E-state index in [1.165, 1.54) is 0 Å². The van der Waals surface area contributed by atoms with Crippen molar-refractivity contribution in [3.63, 3.8) is 0 Å². The monoisotopic (exact) mass is 292 g/mol. The average Bonchev–Trinajstić information content (AvgIpc) is 2.90. The summed E-state index contributed by atoms with van der Waals surface area (Å²) in [5.74, 6) is 1.01. The number of aryl methyl sites for hydroxylation is 1. The molecule has 1 N–H and O–H groups in total. The van der Waals surface area contributed by atoms with Crippen LogP contribution in [-0.2, 0) is 0 Å². The first kappa shape index (κ1) is 13.9. The van der Waals surface area contributed by atoms with Gasteiger partial charge in [0.25, 0.3) is 0 Å². The number of para-hydroxylation sites is 2. The van der Waals surface area contributed by atoms with E-state index in [0.717, 1.165) is 11.3 Å². The van der Waals surface area contributed by atoms with Gasteiger partial charge in [0, 0.05) is 5.56 Å². The molecule has 2 aromatic carbocycles. The van der Waals surface area contributed by atoms with E-state index in [9.17, 15) is 4.79 Å². The summed E-state index contributed by atoms with van der Waals surface area (Å²) in [6.45, 7) is 1.82. The summed E-state index contributed by atoms with van der Waals surface area (Å²) in [7, 11) is 0. The fourth-order valence-corrected chi connectivity index (χ4v) is 2.01. The van der Waals surface area contributed by atoms with Crippen LogP contribution in [0.25, 0.3) is 5.69 Å². The van der Waals surface area contributed by atoms with E-state index < -0.39 is 6.09 Å². The number of carbonyl (C=O) groups is 1. The molecule has 1 aromatic heterocycles. The molecular weight excluding hydrogens is 278 g/mol. The van der Waals surface area contributed by atoms with Crippen LogP contribution in [0.2, 0.25) is 0 Å². The first-order chi connectivity index (χ1) is 10.7. The van der Waals surface area contributed by atoms with Gasteiger partial charge in [0.2, 0.25) is 0 Å². The van der Waals surface area contributed by atoms with Crippen LogP contribution < -0.4 is 10.1 Å². The van der Waals surface area contributed by atoms with E-state index in [0.29, 0.717) is 11.6 Å². The van der Waals surface area contributed by atoms with Crippen molar-refractivity contribution in [2.75, 3.05) is 5.32 Å². The molecule has 0 aliphatic heterocycles. The van der Waals surface area contributed by atoms with Crippen LogP contribution in [0.5, 0.6) is 5.75 Å². The number of nitrogens with one attached hydrogen (secondary N) is 1. The fourth-order valence-electron chi connectivity index (χ4n) is 2.01. The molecule has 22 heavy (non-hydrogen) atoms. The lowest BCUT2D eigenvalue weighted by molar-refractivity contribution is 0.215. The minimum absolute atomic E-state index is 0.479. The van der Waals surface area contributed by atoms with Crippen molar-refractivity contribution >= 4 is 11.9 Å². The van der Waals surface area contributed by atoms with Gasteiger partial charge in [-0.1, -0.05) is 36.4 Å². The van der Waals surface area contributed by atoms with E-state index in [4.69, 9.17) is 4.74 Å². The van der Waals surface area contributed by atoms with Crippen molar-refractivity contribution in [1.82, 2.24) is 9.78 Å². The number of ether oxygens (including phenoxy) is 1. The topological polar surface area (TPSA) is 56.2 Å². The minimum Gasteiger partial charge on any atom is -0.410 e. The molecule has 0 saturated heterocycles. The van der Waals surface area contributed by atoms with Crippen LogP contribution in [0.4, 0.5) is 10.6 Å². The summed E-state index contributed by atoms with van der Waals surface area (Å²) >= 11 is 0. The van der Waals surface area contributed by atoms with Crippen molar-refractivity contribution in [2.45, 2.75) is 6.92 Å². The van der Waals surface area contributed by atoms with Gasteiger partial charge in [0.15, 0.2) is 0 Å². The highest BCUT2D eigenvalue weighted by atomic mass is 16.6. The number of rotatable bonds is 3. The number of hydrogen-bond donors (Lipinski definition) is 1. The van der Waals surface area contributed by atoms with Gasteiger partial charge in [-0.3, -0.25) is 5.32 Å². The lowest BCUT2D eigenvalue weighted by Crippen LogP contribution is -2.19. The molecule has 3 rings (SSSR count). The van der Waals surface area contributed by atoms with Crippen molar-refractivity contribution in [3.05, 3.63) is 72.4 Å². The molecule has 0 unspecified atom stereocenters. The third-order valence-corrected chi connectivity index (χ3v) is 3.06. The number of aromatic nitrogens is 2. The van der Waals surface area contributed by atoms with E-state index >= 15 is 0 Å². The van der Waals surface area contributed by atoms with Crippen molar-refractivity contribution in [2.24, 2.45) is 0 Å². The lowest BCUT2D eigenvalue weighted by atomic mass is 10.3. The average molecular weight is 292 g/mol. The van der Waals surface area contributed by atoms with Crippen LogP contribution >= 0.6 is 0 Å². The second-order valence-electron chi connectivity index (χ2n) is 4.66. The normalized spacial score (nSPS) is 10.2. The smallest absolute Gasteiger partial charge is 0.410 e. The number of hydrogen-bond acceptors (Lipinski definition) is 3. The number of anilines is 1. The summed E-state index contributed by atoms with van der Waals surface area (Å²) in [6.07, 6.45) is 2.28. The standard InChI is InChI=1S/C17H14N3O2/c1-13-12-18-20(14-8-4-2-5-9-14)16(13)19-17(21)22-15-10-6-3-7-11-15/h2-11H,1H3,(H,19,21). The summed E-state index contributed by atoms with van der Waals surface area (Å²) in [6, 6.07) is 18.4. The highest BCUT2D eigenvalue weighted by molar-refractivity contribution is 5.86. The molecule has 109 valence electrons. The Morgan fingerprint density at radius 3 is 2.41 bits per heavy atom. The Hall–Kier alpha value is -3.08. The molecule has 0 aliphatic carbocycles. The summed E-state index contributed by atoms with van der Waals surface area (Å²) in [5, 5.41) is 6.88. The molecule has 0 atom stereocenters. The Morgan fingerprint density at radius 2 is 1.73 bits per heavy atom. The number of benzene rings is 2. The predicted octanol–water partition coefficient (Wildman–Crippen LogP) is 3.59. The maximum Gasteiger partial charge on any atom is 0.418 e. The van der Waals surface area contributed by atoms with E-state index in [2.05, 4.69) is 16.6 Å². The van der Waals surface area contributed by atoms with Crippen molar-refractivity contribution < 1.29 is 9.53 Å². The number of amides is 1.